The highest BCUT2D eigenvalue weighted by atomic mass is 16.5. The summed E-state index contributed by atoms with van der Waals surface area (Å²) in [4.78, 5) is 0. The van der Waals surface area contributed by atoms with Gasteiger partial charge in [-0.2, -0.15) is 0 Å². The van der Waals surface area contributed by atoms with Gasteiger partial charge in [0, 0.05) is 2.74 Å². The van der Waals surface area contributed by atoms with Crippen molar-refractivity contribution in [3.63, 3.8) is 0 Å². The molecule has 1 rings (SSSR count). The summed E-state index contributed by atoms with van der Waals surface area (Å²) in [5, 5.41) is 0. The Labute approximate surface area is 70.1 Å². The van der Waals surface area contributed by atoms with Crippen LogP contribution in [0.25, 0.3) is 0 Å². The van der Waals surface area contributed by atoms with Crippen LogP contribution in [-0.2, 0) is 6.37 Å². The van der Waals surface area contributed by atoms with Crippen LogP contribution in [0.4, 0.5) is 0 Å². The summed E-state index contributed by atoms with van der Waals surface area (Å²) in [6.07, 6.45) is -0.179. The highest BCUT2D eigenvalue weighted by Crippen LogP contribution is 2.11. The van der Waals surface area contributed by atoms with Gasteiger partial charge in [-0.25, -0.2) is 0 Å². The van der Waals surface area contributed by atoms with Crippen molar-refractivity contribution in [3.8, 4) is 5.75 Å². The third-order valence-electron chi connectivity index (χ3n) is 1.36. The van der Waals surface area contributed by atoms with E-state index in [9.17, 15) is 0 Å². The zero-order valence-corrected chi connectivity index (χ0v) is 6.50. The third-order valence-corrected chi connectivity index (χ3v) is 1.36. The average Bonchev–Trinajstić information content (AvgIpc) is 2.18. The molecule has 0 N–H and O–H groups in total. The van der Waals surface area contributed by atoms with Gasteiger partial charge >= 0.3 is 0 Å². The Hall–Kier alpha value is -1.24. The van der Waals surface area contributed by atoms with E-state index in [2.05, 4.69) is 6.58 Å². The molecule has 1 aromatic carbocycles. The van der Waals surface area contributed by atoms with Crippen LogP contribution in [0.1, 0.15) is 8.30 Å². The van der Waals surface area contributed by atoms with Crippen LogP contribution in [0.3, 0.4) is 0 Å². The Morgan fingerprint density at radius 2 is 2.18 bits per heavy atom. The van der Waals surface area contributed by atoms with E-state index >= 15 is 0 Å². The molecular formula is C10H12O. The minimum absolute atomic E-state index is 0.586. The second kappa shape index (κ2) is 3.81. The number of methoxy groups -OCH3 is 1. The third kappa shape index (κ3) is 2.11. The molecule has 0 unspecified atom stereocenters. The summed E-state index contributed by atoms with van der Waals surface area (Å²) in [6.45, 7) is 3.45. The molecule has 0 saturated heterocycles. The normalized spacial score (nSPS) is 13.2. The molecule has 58 valence electrons. The Balaban J connectivity index is 2.98. The zero-order chi connectivity index (χ0) is 9.90. The summed E-state index contributed by atoms with van der Waals surface area (Å²) in [5.41, 5.74) is 0.586. The smallest absolute Gasteiger partial charge is 0.118 e. The predicted octanol–water partition coefficient (Wildman–Crippen LogP) is 2.42. The molecule has 0 aliphatic carbocycles. The van der Waals surface area contributed by atoms with E-state index in [1.807, 2.05) is 0 Å². The molecule has 0 heterocycles. The van der Waals surface area contributed by atoms with Crippen molar-refractivity contribution >= 4 is 0 Å². The van der Waals surface area contributed by atoms with Crippen LogP contribution in [0, 0.1) is 0 Å². The van der Waals surface area contributed by atoms with E-state index in [4.69, 9.17) is 7.48 Å². The second-order valence-electron chi connectivity index (χ2n) is 2.08. The van der Waals surface area contributed by atoms with Crippen LogP contribution < -0.4 is 4.74 Å². The maximum Gasteiger partial charge on any atom is 0.118 e. The van der Waals surface area contributed by atoms with Crippen molar-refractivity contribution in [2.75, 3.05) is 7.11 Å². The van der Waals surface area contributed by atoms with E-state index in [1.54, 1.807) is 31.4 Å². The van der Waals surface area contributed by atoms with Gasteiger partial charge in [-0.15, -0.1) is 6.58 Å². The Morgan fingerprint density at radius 3 is 2.64 bits per heavy atom. The van der Waals surface area contributed by atoms with Crippen molar-refractivity contribution < 1.29 is 7.48 Å². The Morgan fingerprint density at radius 1 is 1.55 bits per heavy atom. The summed E-state index contributed by atoms with van der Waals surface area (Å²) in [7, 11) is 1.58. The number of ether oxygens (including phenoxy) is 1. The minimum Gasteiger partial charge on any atom is -0.497 e. The monoisotopic (exact) mass is 150 g/mol. The molecule has 0 atom stereocenters. The molecule has 0 radical (unpaired) electrons. The maximum atomic E-state index is 7.55. The molecule has 0 spiro atoms. The Bertz CT molecular complexity index is 290. The molecule has 0 amide bonds. The summed E-state index contributed by atoms with van der Waals surface area (Å²) in [5.74, 6) is 0.726. The first-order valence-corrected chi connectivity index (χ1v) is 3.38. The lowest BCUT2D eigenvalue weighted by Crippen LogP contribution is -1.83. The lowest BCUT2D eigenvalue weighted by atomic mass is 10.1. The first-order chi connectivity index (χ1) is 6.10. The molecule has 11 heavy (non-hydrogen) atoms. The summed E-state index contributed by atoms with van der Waals surface area (Å²) >= 11 is 0. The molecule has 0 fully saturated rings. The predicted molar refractivity (Wildman–Crippen MR) is 46.9 cm³/mol. The van der Waals surface area contributed by atoms with E-state index in [1.165, 1.54) is 6.08 Å². The van der Waals surface area contributed by atoms with E-state index in [0.29, 0.717) is 5.56 Å². The minimum atomic E-state index is -1.47. The highest BCUT2D eigenvalue weighted by Gasteiger charge is 1.90. The summed E-state index contributed by atoms with van der Waals surface area (Å²) < 4.78 is 20.1. The number of allylic oxidation sites excluding steroid dienone is 1. The quantitative estimate of drug-likeness (QED) is 0.601. The van der Waals surface area contributed by atoms with E-state index in [-0.39, 0.29) is 0 Å². The Kier molecular flexibility index (Phi) is 1.88. The molecule has 0 aliphatic rings. The summed E-state index contributed by atoms with van der Waals surface area (Å²) in [6, 6.07) is 6.86. The van der Waals surface area contributed by atoms with Crippen molar-refractivity contribution in [1.29, 1.82) is 0 Å². The van der Waals surface area contributed by atoms with Crippen molar-refractivity contribution in [1.82, 2.24) is 0 Å². The first-order valence-electron chi connectivity index (χ1n) is 4.38. The van der Waals surface area contributed by atoms with Gasteiger partial charge in [-0.3, -0.25) is 0 Å². The number of rotatable bonds is 3. The molecule has 1 nitrogen and oxygen atoms in total. The lowest BCUT2D eigenvalue weighted by molar-refractivity contribution is 0.414. The number of hydrogen-bond acceptors (Lipinski definition) is 1. The van der Waals surface area contributed by atoms with Crippen molar-refractivity contribution in [2.24, 2.45) is 0 Å². The van der Waals surface area contributed by atoms with Crippen LogP contribution in [0.15, 0.2) is 36.9 Å². The van der Waals surface area contributed by atoms with Gasteiger partial charge in [0.25, 0.3) is 0 Å². The first kappa shape index (κ1) is 5.42. The molecular weight excluding hydrogens is 136 g/mol. The van der Waals surface area contributed by atoms with Gasteiger partial charge in [0.15, 0.2) is 0 Å². The second-order valence-corrected chi connectivity index (χ2v) is 2.08. The van der Waals surface area contributed by atoms with Gasteiger partial charge in [-0.05, 0) is 24.1 Å². The molecule has 0 saturated carbocycles. The van der Waals surface area contributed by atoms with Crippen LogP contribution in [0.2, 0.25) is 0 Å². The SMILES string of the molecule is [2H]C([2H])(C=C)c1ccc(OC)cc1. The van der Waals surface area contributed by atoms with Crippen LogP contribution >= 0.6 is 0 Å². The average molecular weight is 150 g/mol. The van der Waals surface area contributed by atoms with Gasteiger partial charge < -0.3 is 4.74 Å². The number of hydrogen-bond donors (Lipinski definition) is 0. The molecule has 0 bridgehead atoms. The topological polar surface area (TPSA) is 9.23 Å². The van der Waals surface area contributed by atoms with Crippen LogP contribution in [-0.4, -0.2) is 7.11 Å². The molecule has 0 aromatic heterocycles. The largest absolute Gasteiger partial charge is 0.497 e. The van der Waals surface area contributed by atoms with E-state index < -0.39 is 6.37 Å². The lowest BCUT2D eigenvalue weighted by Gasteiger charge is -1.99. The highest BCUT2D eigenvalue weighted by molar-refractivity contribution is 5.27. The molecule has 1 aromatic rings. The van der Waals surface area contributed by atoms with Crippen LogP contribution in [0.5, 0.6) is 5.75 Å². The van der Waals surface area contributed by atoms with Gasteiger partial charge in [0.05, 0.1) is 7.11 Å². The fourth-order valence-corrected chi connectivity index (χ4v) is 0.805. The van der Waals surface area contributed by atoms with Crippen molar-refractivity contribution in [3.05, 3.63) is 42.5 Å². The van der Waals surface area contributed by atoms with Gasteiger partial charge in [0.1, 0.15) is 5.75 Å². The van der Waals surface area contributed by atoms with Gasteiger partial charge in [-0.1, -0.05) is 18.2 Å². The van der Waals surface area contributed by atoms with E-state index in [0.717, 1.165) is 5.75 Å². The standard InChI is InChI=1S/C10H12O/c1-3-4-9-5-7-10(11-2)8-6-9/h3,5-8H,1,4H2,2H3/i4D2. The van der Waals surface area contributed by atoms with Gasteiger partial charge in [0.2, 0.25) is 0 Å². The maximum absolute atomic E-state index is 7.55. The molecule has 0 aliphatic heterocycles. The zero-order valence-electron chi connectivity index (χ0n) is 8.50. The fraction of sp³-hybridized carbons (Fsp3) is 0.200. The van der Waals surface area contributed by atoms with Crippen molar-refractivity contribution in [2.45, 2.75) is 6.37 Å². The number of benzene rings is 1. The fourth-order valence-electron chi connectivity index (χ4n) is 0.805. The molecule has 1 heteroatoms.